The van der Waals surface area contributed by atoms with Crippen molar-refractivity contribution in [3.05, 3.63) is 53.5 Å². The minimum atomic E-state index is -4.97. The molecule has 0 spiro atoms. The van der Waals surface area contributed by atoms with Gasteiger partial charge in [-0.05, 0) is 24.1 Å². The standard InChI is InChI=1S/C16H20NO8P/c1-2-12(9-3-5-10(18)6-4-9)16(21,22)15-13(17-26(23,24)25)7-11(19)8-14(15)20/h3-8,12,15,18-22H,2H2,1H3,(H2,23,24,25). The highest BCUT2D eigenvalue weighted by Crippen LogP contribution is 2.44. The number of aliphatic hydroxyl groups is 4. The smallest absolute Gasteiger partial charge is 0.448 e. The molecule has 2 rings (SSSR count). The first-order valence-corrected chi connectivity index (χ1v) is 9.22. The number of phenolic OH excluding ortho intramolecular Hbond substituents is 1. The van der Waals surface area contributed by atoms with E-state index in [1.165, 1.54) is 24.3 Å². The van der Waals surface area contributed by atoms with Crippen molar-refractivity contribution in [3.8, 4) is 5.75 Å². The number of aliphatic hydroxyl groups excluding tert-OH is 2. The van der Waals surface area contributed by atoms with Crippen LogP contribution >= 0.6 is 7.75 Å². The van der Waals surface area contributed by atoms with E-state index >= 15 is 0 Å². The second-order valence-corrected chi connectivity index (χ2v) is 7.17. The summed E-state index contributed by atoms with van der Waals surface area (Å²) in [6.45, 7) is 1.65. The number of nitrogens with zero attached hydrogens (tertiary/aromatic N) is 1. The Hall–Kier alpha value is -2.16. The molecule has 1 aliphatic carbocycles. The molecule has 9 nitrogen and oxygen atoms in total. The Morgan fingerprint density at radius 3 is 2.19 bits per heavy atom. The van der Waals surface area contributed by atoms with Crippen LogP contribution in [-0.2, 0) is 4.57 Å². The van der Waals surface area contributed by atoms with E-state index in [0.717, 1.165) is 12.2 Å². The maximum atomic E-state index is 11.2. The molecule has 0 saturated heterocycles. The lowest BCUT2D eigenvalue weighted by atomic mass is 9.76. The van der Waals surface area contributed by atoms with E-state index in [2.05, 4.69) is 4.76 Å². The summed E-state index contributed by atoms with van der Waals surface area (Å²) < 4.78 is 14.4. The molecule has 0 bridgehead atoms. The molecular formula is C16H20NO8P. The lowest BCUT2D eigenvalue weighted by Gasteiger charge is -2.38. The number of phenols is 1. The van der Waals surface area contributed by atoms with Crippen molar-refractivity contribution in [2.24, 2.45) is 10.7 Å². The summed E-state index contributed by atoms with van der Waals surface area (Å²) in [5, 5.41) is 50.7. The average Bonchev–Trinajstić information content (AvgIpc) is 2.46. The molecule has 0 radical (unpaired) electrons. The zero-order valence-corrected chi connectivity index (χ0v) is 14.7. The number of hydrogen-bond donors (Lipinski definition) is 7. The van der Waals surface area contributed by atoms with E-state index < -0.39 is 42.6 Å². The molecule has 0 aromatic heterocycles. The van der Waals surface area contributed by atoms with Crippen LogP contribution in [-0.4, -0.2) is 46.8 Å². The molecule has 10 heteroatoms. The summed E-state index contributed by atoms with van der Waals surface area (Å²) in [6, 6.07) is 5.62. The number of benzene rings is 1. The van der Waals surface area contributed by atoms with Gasteiger partial charge in [-0.3, -0.25) is 0 Å². The molecule has 2 unspecified atom stereocenters. The van der Waals surface area contributed by atoms with Crippen LogP contribution in [0.15, 0.2) is 52.7 Å². The first-order valence-electron chi connectivity index (χ1n) is 7.66. The number of aromatic hydroxyl groups is 1. The molecule has 7 N–H and O–H groups in total. The van der Waals surface area contributed by atoms with Crippen LogP contribution in [0.5, 0.6) is 5.75 Å². The van der Waals surface area contributed by atoms with Gasteiger partial charge < -0.3 is 35.3 Å². The van der Waals surface area contributed by atoms with Gasteiger partial charge >= 0.3 is 7.75 Å². The molecule has 1 aromatic carbocycles. The Morgan fingerprint density at radius 2 is 1.69 bits per heavy atom. The molecule has 1 aromatic rings. The summed E-state index contributed by atoms with van der Waals surface area (Å²) in [4.78, 5) is 18.2. The number of allylic oxidation sites excluding steroid dienone is 2. The highest BCUT2D eigenvalue weighted by molar-refractivity contribution is 7.50. The first kappa shape index (κ1) is 20.2. The average molecular weight is 385 g/mol. The maximum Gasteiger partial charge on any atom is 0.448 e. The Bertz CT molecular complexity index is 806. The van der Waals surface area contributed by atoms with Gasteiger partial charge in [-0.15, -0.1) is 0 Å². The first-order chi connectivity index (χ1) is 12.0. The third-order valence-electron chi connectivity index (χ3n) is 4.07. The Labute approximate surface area is 149 Å². The topological polar surface area (TPSA) is 171 Å². The minimum absolute atomic E-state index is 0.0258. The second-order valence-electron chi connectivity index (χ2n) is 5.94. The van der Waals surface area contributed by atoms with E-state index in [9.17, 15) is 30.1 Å². The summed E-state index contributed by atoms with van der Waals surface area (Å²) in [6.07, 6.45) is 1.86. The fourth-order valence-corrected chi connectivity index (χ4v) is 3.50. The molecule has 0 saturated carbocycles. The third kappa shape index (κ3) is 4.32. The van der Waals surface area contributed by atoms with E-state index in [1.807, 2.05) is 0 Å². The Morgan fingerprint density at radius 1 is 1.12 bits per heavy atom. The van der Waals surface area contributed by atoms with Crippen molar-refractivity contribution in [3.63, 3.8) is 0 Å². The Balaban J connectivity index is 2.55. The summed E-state index contributed by atoms with van der Waals surface area (Å²) >= 11 is 0. The van der Waals surface area contributed by atoms with Crippen molar-refractivity contribution in [1.82, 2.24) is 0 Å². The van der Waals surface area contributed by atoms with Gasteiger partial charge in [0.1, 0.15) is 23.2 Å². The second kappa shape index (κ2) is 7.22. The molecule has 0 fully saturated rings. The van der Waals surface area contributed by atoms with Crippen LogP contribution < -0.4 is 0 Å². The SMILES string of the molecule is CCC(c1ccc(O)cc1)C(O)(O)C1C(O)=CC(O)=CC1=NP(=O)(O)O. The van der Waals surface area contributed by atoms with Crippen molar-refractivity contribution in [2.75, 3.05) is 0 Å². The predicted molar refractivity (Wildman–Crippen MR) is 92.7 cm³/mol. The van der Waals surface area contributed by atoms with Crippen LogP contribution in [0.3, 0.4) is 0 Å². The predicted octanol–water partition coefficient (Wildman–Crippen LogP) is 1.61. The fraction of sp³-hybridized carbons (Fsp3) is 0.312. The van der Waals surface area contributed by atoms with Gasteiger partial charge in [-0.2, -0.15) is 4.76 Å². The van der Waals surface area contributed by atoms with Crippen LogP contribution in [0.4, 0.5) is 0 Å². The molecule has 26 heavy (non-hydrogen) atoms. The van der Waals surface area contributed by atoms with E-state index in [4.69, 9.17) is 9.79 Å². The van der Waals surface area contributed by atoms with Crippen molar-refractivity contribution in [1.29, 1.82) is 0 Å². The lowest BCUT2D eigenvalue weighted by molar-refractivity contribution is -0.199. The van der Waals surface area contributed by atoms with Crippen molar-refractivity contribution in [2.45, 2.75) is 25.0 Å². The van der Waals surface area contributed by atoms with Gasteiger partial charge in [-0.1, -0.05) is 19.1 Å². The van der Waals surface area contributed by atoms with Gasteiger partial charge in [0.2, 0.25) is 0 Å². The Kier molecular flexibility index (Phi) is 5.60. The monoisotopic (exact) mass is 385 g/mol. The molecule has 142 valence electrons. The van der Waals surface area contributed by atoms with Crippen LogP contribution in [0, 0.1) is 5.92 Å². The highest BCUT2D eigenvalue weighted by atomic mass is 31.2. The fourth-order valence-electron chi connectivity index (χ4n) is 3.02. The largest absolute Gasteiger partial charge is 0.511 e. The van der Waals surface area contributed by atoms with Crippen LogP contribution in [0.1, 0.15) is 24.8 Å². The van der Waals surface area contributed by atoms with E-state index in [0.29, 0.717) is 5.56 Å². The quantitative estimate of drug-likeness (QED) is 0.296. The lowest BCUT2D eigenvalue weighted by Crippen LogP contribution is -2.48. The van der Waals surface area contributed by atoms with Crippen LogP contribution in [0.2, 0.25) is 0 Å². The van der Waals surface area contributed by atoms with Gasteiger partial charge in [0.15, 0.2) is 5.79 Å². The highest BCUT2D eigenvalue weighted by Gasteiger charge is 2.48. The molecule has 0 amide bonds. The van der Waals surface area contributed by atoms with Gasteiger partial charge in [0.25, 0.3) is 0 Å². The van der Waals surface area contributed by atoms with Crippen molar-refractivity contribution >= 4 is 13.5 Å². The summed E-state index contributed by atoms with van der Waals surface area (Å²) in [5.41, 5.74) is -0.157. The zero-order chi connectivity index (χ0) is 19.7. The zero-order valence-electron chi connectivity index (χ0n) is 13.8. The van der Waals surface area contributed by atoms with Gasteiger partial charge in [0, 0.05) is 18.1 Å². The summed E-state index contributed by atoms with van der Waals surface area (Å²) in [5.74, 6) is -6.68. The van der Waals surface area contributed by atoms with E-state index in [1.54, 1.807) is 6.92 Å². The third-order valence-corrected chi connectivity index (χ3v) is 4.56. The molecule has 0 aliphatic heterocycles. The molecular weight excluding hydrogens is 365 g/mol. The minimum Gasteiger partial charge on any atom is -0.511 e. The maximum absolute atomic E-state index is 11.2. The number of rotatable bonds is 5. The molecule has 1 aliphatic rings. The van der Waals surface area contributed by atoms with Crippen molar-refractivity contribution < 1.29 is 39.9 Å². The summed E-state index contributed by atoms with van der Waals surface area (Å²) in [7, 11) is -4.97. The molecule has 2 atom stereocenters. The van der Waals surface area contributed by atoms with Gasteiger partial charge in [0.05, 0.1) is 5.71 Å². The van der Waals surface area contributed by atoms with E-state index in [-0.39, 0.29) is 12.2 Å². The molecule has 0 heterocycles. The van der Waals surface area contributed by atoms with Crippen LogP contribution in [0.25, 0.3) is 0 Å². The van der Waals surface area contributed by atoms with Gasteiger partial charge in [-0.25, -0.2) is 4.57 Å². The normalized spacial score (nSPS) is 21.3. The number of hydrogen-bond acceptors (Lipinski definition) is 6.